The molecule has 0 N–H and O–H groups in total. The summed E-state index contributed by atoms with van der Waals surface area (Å²) in [4.78, 5) is 24.6. The zero-order valence-corrected chi connectivity index (χ0v) is 10.4. The lowest BCUT2D eigenvalue weighted by molar-refractivity contribution is -0.142. The van der Waals surface area contributed by atoms with E-state index in [4.69, 9.17) is 0 Å². The fourth-order valence-electron chi connectivity index (χ4n) is 2.24. The van der Waals surface area contributed by atoms with Crippen molar-refractivity contribution in [2.24, 2.45) is 11.8 Å². The number of carbonyl (C=O) groups excluding carboxylic acids is 2. The molecule has 1 saturated carbocycles. The number of halogens is 2. The first-order chi connectivity index (χ1) is 8.08. The van der Waals surface area contributed by atoms with E-state index in [1.807, 2.05) is 0 Å². The maximum atomic E-state index is 13.5. The topological polar surface area (TPSA) is 37.4 Å². The molecule has 2 aliphatic rings. The Hall–Kier alpha value is -1.23. The molecule has 17 heavy (non-hydrogen) atoms. The highest BCUT2D eigenvalue weighted by Gasteiger charge is 2.58. The Balaban J connectivity index is 1.85. The number of benzene rings is 1. The Bertz CT molecular complexity index is 511. The van der Waals surface area contributed by atoms with Crippen LogP contribution in [0.5, 0.6) is 0 Å². The highest BCUT2D eigenvalue weighted by molar-refractivity contribution is 9.10. The molecule has 1 aliphatic heterocycles. The Morgan fingerprint density at radius 3 is 2.59 bits per heavy atom. The first-order valence-electron chi connectivity index (χ1n) is 5.37. The lowest BCUT2D eigenvalue weighted by Crippen LogP contribution is -2.32. The molecular weight excluding hydrogens is 289 g/mol. The monoisotopic (exact) mass is 297 g/mol. The van der Waals surface area contributed by atoms with E-state index >= 15 is 0 Å². The minimum Gasteiger partial charge on any atom is -0.278 e. The van der Waals surface area contributed by atoms with Crippen molar-refractivity contribution >= 4 is 27.7 Å². The second-order valence-corrected chi connectivity index (χ2v) is 5.36. The number of rotatable bonds is 2. The second-order valence-electron chi connectivity index (χ2n) is 4.45. The van der Waals surface area contributed by atoms with Crippen molar-refractivity contribution in [3.63, 3.8) is 0 Å². The molecule has 2 amide bonds. The first-order valence-corrected chi connectivity index (χ1v) is 6.16. The molecule has 2 atom stereocenters. The van der Waals surface area contributed by atoms with Gasteiger partial charge in [0.2, 0.25) is 11.8 Å². The maximum absolute atomic E-state index is 13.5. The Kier molecular flexibility index (Phi) is 2.33. The summed E-state index contributed by atoms with van der Waals surface area (Å²) in [7, 11) is 0. The van der Waals surface area contributed by atoms with Gasteiger partial charge >= 0.3 is 0 Å². The average molecular weight is 298 g/mol. The number of nitrogens with zero attached hydrogens (tertiary/aromatic N) is 1. The molecule has 0 aromatic heterocycles. The Morgan fingerprint density at radius 1 is 1.29 bits per heavy atom. The fourth-order valence-corrected chi connectivity index (χ4v) is 2.65. The first kappa shape index (κ1) is 10.9. The van der Waals surface area contributed by atoms with Crippen LogP contribution in [0.4, 0.5) is 4.39 Å². The molecule has 1 saturated heterocycles. The van der Waals surface area contributed by atoms with Gasteiger partial charge in [0.05, 0.1) is 18.4 Å². The predicted molar refractivity (Wildman–Crippen MR) is 61.3 cm³/mol. The van der Waals surface area contributed by atoms with Crippen LogP contribution < -0.4 is 0 Å². The molecule has 0 bridgehead atoms. The van der Waals surface area contributed by atoms with E-state index in [0.29, 0.717) is 12.0 Å². The van der Waals surface area contributed by atoms with Crippen LogP contribution in [0, 0.1) is 17.7 Å². The standard InChI is InChI=1S/C12H9BrFNO2/c13-7-1-2-10(14)6(3-7)5-15-11(16)8-4-9(8)12(15)17/h1-3,8-9H,4-5H2. The van der Waals surface area contributed by atoms with Gasteiger partial charge in [0.25, 0.3) is 0 Å². The summed E-state index contributed by atoms with van der Waals surface area (Å²) in [5.41, 5.74) is 0.363. The third-order valence-corrected chi connectivity index (χ3v) is 3.79. The van der Waals surface area contributed by atoms with Gasteiger partial charge in [-0.2, -0.15) is 0 Å². The van der Waals surface area contributed by atoms with Gasteiger partial charge in [0.15, 0.2) is 0 Å². The number of carbonyl (C=O) groups is 2. The van der Waals surface area contributed by atoms with Gasteiger partial charge in [-0.3, -0.25) is 14.5 Å². The van der Waals surface area contributed by atoms with Gasteiger partial charge in [-0.15, -0.1) is 0 Å². The molecule has 2 fully saturated rings. The molecule has 1 aromatic rings. The number of hydrogen-bond donors (Lipinski definition) is 0. The van der Waals surface area contributed by atoms with Crippen molar-refractivity contribution in [2.45, 2.75) is 13.0 Å². The maximum Gasteiger partial charge on any atom is 0.233 e. The van der Waals surface area contributed by atoms with Crippen LogP contribution in [0.2, 0.25) is 0 Å². The predicted octanol–water partition coefficient (Wildman–Crippen LogP) is 2.09. The summed E-state index contributed by atoms with van der Waals surface area (Å²) in [5.74, 6) is -0.955. The van der Waals surface area contributed by atoms with E-state index < -0.39 is 5.82 Å². The summed E-state index contributed by atoms with van der Waals surface area (Å²) in [6.07, 6.45) is 0.676. The zero-order valence-electron chi connectivity index (χ0n) is 8.82. The molecule has 2 unspecified atom stereocenters. The van der Waals surface area contributed by atoms with E-state index in [0.717, 1.165) is 4.47 Å². The minimum atomic E-state index is -0.394. The van der Waals surface area contributed by atoms with Crippen LogP contribution in [0.1, 0.15) is 12.0 Å². The molecule has 3 rings (SSSR count). The van der Waals surface area contributed by atoms with Crippen molar-refractivity contribution < 1.29 is 14.0 Å². The van der Waals surface area contributed by atoms with Gasteiger partial charge in [0, 0.05) is 10.0 Å². The summed E-state index contributed by atoms with van der Waals surface area (Å²) in [5, 5.41) is 0. The van der Waals surface area contributed by atoms with Crippen LogP contribution >= 0.6 is 15.9 Å². The van der Waals surface area contributed by atoms with Crippen molar-refractivity contribution in [2.75, 3.05) is 0 Å². The molecule has 1 heterocycles. The smallest absolute Gasteiger partial charge is 0.233 e. The zero-order chi connectivity index (χ0) is 12.2. The summed E-state index contributed by atoms with van der Waals surface area (Å²) >= 11 is 3.24. The normalized spacial score (nSPS) is 26.4. The molecule has 88 valence electrons. The number of piperidine rings is 1. The van der Waals surface area contributed by atoms with Crippen molar-refractivity contribution in [3.05, 3.63) is 34.1 Å². The lowest BCUT2D eigenvalue weighted by atomic mass is 10.2. The second kappa shape index (κ2) is 3.63. The van der Waals surface area contributed by atoms with Gasteiger partial charge in [0.1, 0.15) is 5.82 Å². The molecule has 0 spiro atoms. The van der Waals surface area contributed by atoms with Crippen LogP contribution in [-0.2, 0) is 16.1 Å². The average Bonchev–Trinajstić information content (AvgIpc) is 3.04. The third-order valence-electron chi connectivity index (χ3n) is 3.29. The van der Waals surface area contributed by atoms with Crippen LogP contribution in [0.15, 0.2) is 22.7 Å². The third kappa shape index (κ3) is 1.69. The van der Waals surface area contributed by atoms with Crippen LogP contribution in [-0.4, -0.2) is 16.7 Å². The summed E-state index contributed by atoms with van der Waals surface area (Å²) in [6.45, 7) is 0.0376. The number of hydrogen-bond acceptors (Lipinski definition) is 2. The van der Waals surface area contributed by atoms with Crippen molar-refractivity contribution in [1.82, 2.24) is 4.90 Å². The largest absolute Gasteiger partial charge is 0.278 e. The number of amides is 2. The van der Waals surface area contributed by atoms with Crippen molar-refractivity contribution in [3.8, 4) is 0 Å². The van der Waals surface area contributed by atoms with Gasteiger partial charge in [-0.05, 0) is 24.6 Å². The Morgan fingerprint density at radius 2 is 1.94 bits per heavy atom. The number of imide groups is 1. The molecule has 1 aliphatic carbocycles. The molecule has 5 heteroatoms. The van der Waals surface area contributed by atoms with E-state index in [1.165, 1.54) is 11.0 Å². The molecule has 3 nitrogen and oxygen atoms in total. The Labute approximate surface area is 106 Å². The quantitative estimate of drug-likeness (QED) is 0.784. The lowest BCUT2D eigenvalue weighted by Gasteiger charge is -2.16. The molecule has 1 aromatic carbocycles. The number of fused-ring (bicyclic) bond motifs is 1. The van der Waals surface area contributed by atoms with Crippen LogP contribution in [0.3, 0.4) is 0 Å². The summed E-state index contributed by atoms with van der Waals surface area (Å²) in [6, 6.07) is 4.51. The van der Waals surface area contributed by atoms with E-state index in [9.17, 15) is 14.0 Å². The highest BCUT2D eigenvalue weighted by Crippen LogP contribution is 2.47. The van der Waals surface area contributed by atoms with E-state index in [2.05, 4.69) is 15.9 Å². The SMILES string of the molecule is O=C1C2CC2C(=O)N1Cc1cc(Br)ccc1F. The van der Waals surface area contributed by atoms with Crippen LogP contribution in [0.25, 0.3) is 0 Å². The number of likely N-dealkylation sites (tertiary alicyclic amines) is 1. The van der Waals surface area contributed by atoms with E-state index in [-0.39, 0.29) is 30.2 Å². The van der Waals surface area contributed by atoms with E-state index in [1.54, 1.807) is 12.1 Å². The molecule has 0 radical (unpaired) electrons. The highest BCUT2D eigenvalue weighted by atomic mass is 79.9. The minimum absolute atomic E-state index is 0.0376. The van der Waals surface area contributed by atoms with Gasteiger partial charge in [-0.25, -0.2) is 4.39 Å². The van der Waals surface area contributed by atoms with Gasteiger partial charge in [-0.1, -0.05) is 15.9 Å². The summed E-state index contributed by atoms with van der Waals surface area (Å²) < 4.78 is 14.2. The van der Waals surface area contributed by atoms with Crippen molar-refractivity contribution in [1.29, 1.82) is 0 Å². The van der Waals surface area contributed by atoms with Gasteiger partial charge < -0.3 is 0 Å². The fraction of sp³-hybridized carbons (Fsp3) is 0.333. The molecular formula is C12H9BrFNO2.